The highest BCUT2D eigenvalue weighted by Gasteiger charge is 2.43. The van der Waals surface area contributed by atoms with Crippen LogP contribution in [0.4, 0.5) is 0 Å². The van der Waals surface area contributed by atoms with E-state index in [1.54, 1.807) is 29.2 Å². The molecule has 0 aromatic heterocycles. The van der Waals surface area contributed by atoms with E-state index in [2.05, 4.69) is 11.9 Å². The van der Waals surface area contributed by atoms with Gasteiger partial charge in [-0.25, -0.2) is 0 Å². The quantitative estimate of drug-likeness (QED) is 0.905. The van der Waals surface area contributed by atoms with Crippen LogP contribution in [0, 0.1) is 17.8 Å². The molecule has 0 bridgehead atoms. The molecule has 2 saturated heterocycles. The van der Waals surface area contributed by atoms with Crippen molar-refractivity contribution in [2.24, 2.45) is 23.5 Å². The number of carbonyl (C=O) groups is 2. The number of primary amides is 1. The van der Waals surface area contributed by atoms with Crippen molar-refractivity contribution in [3.05, 3.63) is 34.9 Å². The molecule has 2 N–H and O–H groups in total. The van der Waals surface area contributed by atoms with E-state index in [-0.39, 0.29) is 23.7 Å². The lowest BCUT2D eigenvalue weighted by Crippen LogP contribution is -2.38. The van der Waals surface area contributed by atoms with Gasteiger partial charge in [0, 0.05) is 13.1 Å². The van der Waals surface area contributed by atoms with E-state index in [1.807, 2.05) is 0 Å². The van der Waals surface area contributed by atoms with Gasteiger partial charge in [-0.05, 0) is 56.9 Å². The zero-order valence-electron chi connectivity index (χ0n) is 14.0. The number of amides is 2. The molecule has 130 valence electrons. The van der Waals surface area contributed by atoms with Gasteiger partial charge in [-0.1, -0.05) is 23.7 Å². The fourth-order valence-corrected chi connectivity index (χ4v) is 4.25. The van der Waals surface area contributed by atoms with E-state index in [9.17, 15) is 9.59 Å². The third kappa shape index (κ3) is 3.42. The van der Waals surface area contributed by atoms with Crippen LogP contribution in [-0.2, 0) is 4.79 Å². The lowest BCUT2D eigenvalue weighted by atomic mass is 9.78. The van der Waals surface area contributed by atoms with E-state index < -0.39 is 0 Å². The minimum Gasteiger partial charge on any atom is -0.369 e. The number of rotatable bonds is 3. The van der Waals surface area contributed by atoms with E-state index in [0.717, 1.165) is 25.9 Å². The van der Waals surface area contributed by atoms with Crippen molar-refractivity contribution >= 4 is 23.4 Å². The molecule has 2 amide bonds. The third-order valence-electron chi connectivity index (χ3n) is 5.49. The van der Waals surface area contributed by atoms with E-state index in [0.29, 0.717) is 29.6 Å². The van der Waals surface area contributed by atoms with Crippen molar-refractivity contribution in [1.29, 1.82) is 0 Å². The van der Waals surface area contributed by atoms with Crippen LogP contribution in [0.25, 0.3) is 0 Å². The van der Waals surface area contributed by atoms with Gasteiger partial charge in [0.05, 0.1) is 16.5 Å². The lowest BCUT2D eigenvalue weighted by molar-refractivity contribution is -0.123. The Morgan fingerprint density at radius 2 is 1.83 bits per heavy atom. The molecule has 0 unspecified atom stereocenters. The second kappa shape index (κ2) is 7.11. The smallest absolute Gasteiger partial charge is 0.255 e. The summed E-state index contributed by atoms with van der Waals surface area (Å²) in [6.45, 7) is 3.05. The molecule has 0 spiro atoms. The highest BCUT2D eigenvalue weighted by molar-refractivity contribution is 6.33. The van der Waals surface area contributed by atoms with Gasteiger partial charge in [0.2, 0.25) is 5.91 Å². The second-order valence-corrected chi connectivity index (χ2v) is 7.41. The molecule has 0 saturated carbocycles. The Morgan fingerprint density at radius 1 is 1.17 bits per heavy atom. The predicted molar refractivity (Wildman–Crippen MR) is 93.8 cm³/mol. The highest BCUT2D eigenvalue weighted by Crippen LogP contribution is 2.36. The Labute approximate surface area is 147 Å². The molecular formula is C18H24ClN3O2. The van der Waals surface area contributed by atoms with Crippen molar-refractivity contribution in [3.8, 4) is 0 Å². The Bertz CT molecular complexity index is 628. The van der Waals surface area contributed by atoms with Crippen LogP contribution in [0.1, 0.15) is 23.2 Å². The van der Waals surface area contributed by atoms with E-state index >= 15 is 0 Å². The van der Waals surface area contributed by atoms with Crippen molar-refractivity contribution in [3.63, 3.8) is 0 Å². The van der Waals surface area contributed by atoms with Crippen molar-refractivity contribution in [2.75, 3.05) is 33.2 Å². The number of hydrogen-bond acceptors (Lipinski definition) is 3. The van der Waals surface area contributed by atoms with Crippen LogP contribution in [0.5, 0.6) is 0 Å². The molecule has 2 fully saturated rings. The number of piperidine rings is 1. The summed E-state index contributed by atoms with van der Waals surface area (Å²) in [7, 11) is 2.11. The van der Waals surface area contributed by atoms with Gasteiger partial charge in [-0.2, -0.15) is 0 Å². The average Bonchev–Trinajstić information content (AvgIpc) is 3.01. The molecular weight excluding hydrogens is 326 g/mol. The summed E-state index contributed by atoms with van der Waals surface area (Å²) in [6, 6.07) is 7.05. The molecule has 2 heterocycles. The third-order valence-corrected chi connectivity index (χ3v) is 5.82. The fraction of sp³-hybridized carbons (Fsp3) is 0.556. The molecule has 1 aromatic rings. The Kier molecular flexibility index (Phi) is 5.11. The first-order valence-electron chi connectivity index (χ1n) is 8.49. The van der Waals surface area contributed by atoms with Crippen LogP contribution >= 0.6 is 11.6 Å². The van der Waals surface area contributed by atoms with Gasteiger partial charge in [0.15, 0.2) is 0 Å². The van der Waals surface area contributed by atoms with Crippen LogP contribution < -0.4 is 5.73 Å². The summed E-state index contributed by atoms with van der Waals surface area (Å²) in [4.78, 5) is 28.8. The van der Waals surface area contributed by atoms with Crippen LogP contribution in [-0.4, -0.2) is 54.8 Å². The van der Waals surface area contributed by atoms with Gasteiger partial charge in [-0.15, -0.1) is 0 Å². The first-order chi connectivity index (χ1) is 11.5. The fourth-order valence-electron chi connectivity index (χ4n) is 4.04. The van der Waals surface area contributed by atoms with Crippen LogP contribution in [0.3, 0.4) is 0 Å². The van der Waals surface area contributed by atoms with Crippen LogP contribution in [0.2, 0.25) is 5.02 Å². The van der Waals surface area contributed by atoms with Crippen molar-refractivity contribution in [1.82, 2.24) is 9.80 Å². The molecule has 0 aliphatic carbocycles. The van der Waals surface area contributed by atoms with Crippen molar-refractivity contribution < 1.29 is 9.59 Å². The molecule has 6 heteroatoms. The summed E-state index contributed by atoms with van der Waals surface area (Å²) >= 11 is 6.15. The minimum atomic E-state index is -0.298. The zero-order chi connectivity index (χ0) is 17.3. The first kappa shape index (κ1) is 17.2. The zero-order valence-corrected chi connectivity index (χ0v) is 14.7. The summed E-state index contributed by atoms with van der Waals surface area (Å²) in [5, 5.41) is 0.445. The predicted octanol–water partition coefficient (Wildman–Crippen LogP) is 1.86. The number of benzene rings is 1. The van der Waals surface area contributed by atoms with Gasteiger partial charge in [0.25, 0.3) is 5.91 Å². The number of likely N-dealkylation sites (tertiary alicyclic amines) is 2. The maximum absolute atomic E-state index is 12.8. The molecule has 3 rings (SSSR count). The van der Waals surface area contributed by atoms with Gasteiger partial charge in [-0.3, -0.25) is 9.59 Å². The van der Waals surface area contributed by atoms with Gasteiger partial charge >= 0.3 is 0 Å². The lowest BCUT2D eigenvalue weighted by Gasteiger charge is -2.34. The number of nitrogens with two attached hydrogens (primary N) is 1. The molecule has 1 aromatic carbocycles. The molecule has 2 atom stereocenters. The van der Waals surface area contributed by atoms with Crippen molar-refractivity contribution in [2.45, 2.75) is 12.8 Å². The number of nitrogens with zero attached hydrogens (tertiary/aromatic N) is 2. The summed E-state index contributed by atoms with van der Waals surface area (Å²) in [6.07, 6.45) is 2.11. The number of carbonyl (C=O) groups excluding carboxylic acids is 2. The first-order valence-corrected chi connectivity index (χ1v) is 8.87. The maximum atomic E-state index is 12.8. The Morgan fingerprint density at radius 3 is 2.46 bits per heavy atom. The van der Waals surface area contributed by atoms with Gasteiger partial charge < -0.3 is 15.5 Å². The molecule has 5 nitrogen and oxygen atoms in total. The molecule has 2 aliphatic heterocycles. The Balaban J connectivity index is 1.76. The second-order valence-electron chi connectivity index (χ2n) is 7.00. The number of hydrogen-bond donors (Lipinski definition) is 1. The van der Waals surface area contributed by atoms with E-state index in [4.69, 9.17) is 17.3 Å². The number of halogens is 1. The van der Waals surface area contributed by atoms with Crippen LogP contribution in [0.15, 0.2) is 24.3 Å². The maximum Gasteiger partial charge on any atom is 0.255 e. The highest BCUT2D eigenvalue weighted by atomic mass is 35.5. The van der Waals surface area contributed by atoms with E-state index in [1.165, 1.54) is 0 Å². The summed E-state index contributed by atoms with van der Waals surface area (Å²) in [5.74, 6) is -0.0640. The largest absolute Gasteiger partial charge is 0.369 e. The topological polar surface area (TPSA) is 66.6 Å². The molecule has 2 aliphatic rings. The monoisotopic (exact) mass is 349 g/mol. The Hall–Kier alpha value is -1.59. The molecule has 24 heavy (non-hydrogen) atoms. The standard InChI is InChI=1S/C18H24ClN3O2/c1-21-8-6-12(7-9-21)14-10-22(11-15(14)17(20)23)18(24)13-4-2-3-5-16(13)19/h2-5,12,14-15H,6-11H2,1H3,(H2,20,23)/t14-,15+/m0/s1. The normalized spacial score (nSPS) is 25.8. The SMILES string of the molecule is CN1CCC([C@@H]2CN(C(=O)c3ccccc3Cl)C[C@H]2C(N)=O)CC1. The minimum absolute atomic E-state index is 0.109. The summed E-state index contributed by atoms with van der Waals surface area (Å²) in [5.41, 5.74) is 6.13. The van der Waals surface area contributed by atoms with Gasteiger partial charge in [0.1, 0.15) is 0 Å². The summed E-state index contributed by atoms with van der Waals surface area (Å²) < 4.78 is 0. The average molecular weight is 350 g/mol. The molecule has 0 radical (unpaired) electrons.